The van der Waals surface area contributed by atoms with E-state index in [4.69, 9.17) is 0 Å². The smallest absolute Gasteiger partial charge is 0.226 e. The van der Waals surface area contributed by atoms with Crippen molar-refractivity contribution < 1.29 is 9.90 Å². The minimum Gasteiger partial charge on any atom is -0.393 e. The molecule has 0 aromatic carbocycles. The summed E-state index contributed by atoms with van der Waals surface area (Å²) < 4.78 is 0. The first-order chi connectivity index (χ1) is 13.6. The minimum atomic E-state index is -0.225. The summed E-state index contributed by atoms with van der Waals surface area (Å²) in [5.41, 5.74) is 0.923. The number of amides is 1. The number of nitrogens with one attached hydrogen (secondary N) is 1. The van der Waals surface area contributed by atoms with Crippen LogP contribution in [0, 0.1) is 23.2 Å². The van der Waals surface area contributed by atoms with Crippen molar-refractivity contribution in [2.45, 2.75) is 70.4 Å². The van der Waals surface area contributed by atoms with Gasteiger partial charge >= 0.3 is 0 Å². The normalized spacial score (nSPS) is 39.2. The fourth-order valence-electron chi connectivity index (χ4n) is 6.58. The summed E-state index contributed by atoms with van der Waals surface area (Å²) in [6.07, 6.45) is 11.7. The third-order valence-corrected chi connectivity index (χ3v) is 7.84. The fraction of sp³-hybridized carbons (Fsp3) is 0.773. The molecule has 1 amide bonds. The number of aryl methyl sites for hydroxylation is 1. The lowest BCUT2D eigenvalue weighted by Crippen LogP contribution is -2.60. The number of hydrogen-bond donors (Lipinski definition) is 2. The van der Waals surface area contributed by atoms with Crippen molar-refractivity contribution >= 4 is 11.9 Å². The number of carbonyl (C=O) groups excluding carboxylic acids is 1. The van der Waals surface area contributed by atoms with Crippen molar-refractivity contribution in [3.63, 3.8) is 0 Å². The van der Waals surface area contributed by atoms with E-state index in [1.54, 1.807) is 0 Å². The Hall–Kier alpha value is -1.69. The van der Waals surface area contributed by atoms with Gasteiger partial charge in [-0.05, 0) is 74.7 Å². The highest BCUT2D eigenvalue weighted by Gasteiger charge is 2.58. The highest BCUT2D eigenvalue weighted by atomic mass is 16.3. The van der Waals surface area contributed by atoms with Crippen LogP contribution in [0.4, 0.5) is 5.95 Å². The molecule has 1 aliphatic heterocycles. The molecule has 4 aliphatic carbocycles. The standard InChI is InChI=1S/C22H32N4O2/c1-2-14-11-23-21(24-12-14)26-5-3-4-18(13-26)25-20(28)22-8-15-6-16(9-22)19(27)17(7-15)10-22/h11-12,15-19,27H,2-10,13H2,1H3,(H,25,28). The van der Waals surface area contributed by atoms with Gasteiger partial charge in [-0.2, -0.15) is 0 Å². The fourth-order valence-corrected chi connectivity index (χ4v) is 6.58. The Morgan fingerprint density at radius 3 is 2.64 bits per heavy atom. The minimum absolute atomic E-state index is 0.161. The number of aliphatic hydroxyl groups excluding tert-OH is 1. The van der Waals surface area contributed by atoms with Crippen LogP contribution in [-0.2, 0) is 11.2 Å². The first-order valence-corrected chi connectivity index (χ1v) is 11.1. The molecule has 3 unspecified atom stereocenters. The maximum atomic E-state index is 13.4. The van der Waals surface area contributed by atoms with Crippen LogP contribution in [0.3, 0.4) is 0 Å². The average Bonchev–Trinajstić information content (AvgIpc) is 2.71. The second-order valence-electron chi connectivity index (χ2n) is 9.74. The van der Waals surface area contributed by atoms with Crippen LogP contribution in [0.25, 0.3) is 0 Å². The van der Waals surface area contributed by atoms with Gasteiger partial charge < -0.3 is 15.3 Å². The van der Waals surface area contributed by atoms with Crippen LogP contribution in [-0.4, -0.2) is 46.2 Å². The number of aromatic nitrogens is 2. The Morgan fingerprint density at radius 2 is 1.96 bits per heavy atom. The van der Waals surface area contributed by atoms with E-state index < -0.39 is 0 Å². The first-order valence-electron chi connectivity index (χ1n) is 11.1. The first kappa shape index (κ1) is 18.3. The van der Waals surface area contributed by atoms with Gasteiger partial charge in [0.2, 0.25) is 11.9 Å². The number of hydrogen-bond acceptors (Lipinski definition) is 5. The quantitative estimate of drug-likeness (QED) is 0.833. The van der Waals surface area contributed by atoms with E-state index in [1.165, 1.54) is 0 Å². The summed E-state index contributed by atoms with van der Waals surface area (Å²) in [5, 5.41) is 13.9. The van der Waals surface area contributed by atoms with Crippen molar-refractivity contribution in [2.75, 3.05) is 18.0 Å². The van der Waals surface area contributed by atoms with E-state index in [9.17, 15) is 9.90 Å². The largest absolute Gasteiger partial charge is 0.393 e. The van der Waals surface area contributed by atoms with Gasteiger partial charge in [0.25, 0.3) is 0 Å². The number of rotatable bonds is 4. The van der Waals surface area contributed by atoms with E-state index in [2.05, 4.69) is 27.1 Å². The molecule has 152 valence electrons. The highest BCUT2D eigenvalue weighted by molar-refractivity contribution is 5.83. The molecule has 6 rings (SSSR count). The Balaban J connectivity index is 1.25. The maximum Gasteiger partial charge on any atom is 0.226 e. The SMILES string of the molecule is CCc1cnc(N2CCCC(NC(=O)C34CC5CC(C3)C(O)C(C5)C4)C2)nc1. The molecule has 1 aromatic heterocycles. The maximum absolute atomic E-state index is 13.4. The molecule has 28 heavy (non-hydrogen) atoms. The highest BCUT2D eigenvalue weighted by Crippen LogP contribution is 2.60. The van der Waals surface area contributed by atoms with Gasteiger partial charge in [-0.3, -0.25) is 4.79 Å². The lowest BCUT2D eigenvalue weighted by atomic mass is 9.48. The molecule has 2 N–H and O–H groups in total. The second-order valence-corrected chi connectivity index (χ2v) is 9.74. The van der Waals surface area contributed by atoms with Gasteiger partial charge in [0.05, 0.1) is 11.5 Å². The predicted octanol–water partition coefficient (Wildman–Crippen LogP) is 2.31. The topological polar surface area (TPSA) is 78.4 Å². The molecule has 5 fully saturated rings. The zero-order valence-electron chi connectivity index (χ0n) is 16.8. The molecule has 1 saturated heterocycles. The number of piperidine rings is 1. The van der Waals surface area contributed by atoms with E-state index in [0.29, 0.717) is 17.8 Å². The van der Waals surface area contributed by atoms with E-state index in [1.807, 2.05) is 12.4 Å². The molecule has 2 heterocycles. The van der Waals surface area contributed by atoms with Crippen molar-refractivity contribution in [1.82, 2.24) is 15.3 Å². The molecular formula is C22H32N4O2. The van der Waals surface area contributed by atoms with Gasteiger partial charge in [-0.1, -0.05) is 6.92 Å². The lowest BCUT2D eigenvalue weighted by Gasteiger charge is -2.58. The van der Waals surface area contributed by atoms with Gasteiger partial charge in [0.15, 0.2) is 0 Å². The number of carbonyl (C=O) groups is 1. The zero-order chi connectivity index (χ0) is 19.3. The number of aliphatic hydroxyl groups is 1. The molecule has 6 nitrogen and oxygen atoms in total. The Bertz CT molecular complexity index is 721. The van der Waals surface area contributed by atoms with Crippen LogP contribution >= 0.6 is 0 Å². The van der Waals surface area contributed by atoms with Gasteiger partial charge in [0.1, 0.15) is 0 Å². The van der Waals surface area contributed by atoms with E-state index >= 15 is 0 Å². The molecule has 3 atom stereocenters. The van der Waals surface area contributed by atoms with Crippen molar-refractivity contribution in [2.24, 2.45) is 23.2 Å². The number of nitrogens with zero attached hydrogens (tertiary/aromatic N) is 3. The molecule has 6 heteroatoms. The van der Waals surface area contributed by atoms with Crippen LogP contribution in [0.15, 0.2) is 12.4 Å². The predicted molar refractivity (Wildman–Crippen MR) is 107 cm³/mol. The monoisotopic (exact) mass is 384 g/mol. The summed E-state index contributed by atoms with van der Waals surface area (Å²) in [6.45, 7) is 3.84. The summed E-state index contributed by atoms with van der Waals surface area (Å²) in [7, 11) is 0. The zero-order valence-corrected chi connectivity index (χ0v) is 16.8. The molecule has 0 radical (unpaired) electrons. The van der Waals surface area contributed by atoms with Gasteiger partial charge in [0, 0.05) is 31.5 Å². The lowest BCUT2D eigenvalue weighted by molar-refractivity contribution is -0.163. The molecule has 5 aliphatic rings. The van der Waals surface area contributed by atoms with Crippen LogP contribution in [0.1, 0.15) is 57.4 Å². The molecular weight excluding hydrogens is 352 g/mol. The Morgan fingerprint density at radius 1 is 1.25 bits per heavy atom. The Kier molecular flexibility index (Phi) is 4.57. The summed E-state index contributed by atoms with van der Waals surface area (Å²) in [5.74, 6) is 2.33. The summed E-state index contributed by atoms with van der Waals surface area (Å²) in [6, 6.07) is 0.161. The molecule has 4 saturated carbocycles. The van der Waals surface area contributed by atoms with Crippen molar-refractivity contribution in [1.29, 1.82) is 0 Å². The van der Waals surface area contributed by atoms with Crippen molar-refractivity contribution in [3.8, 4) is 0 Å². The third-order valence-electron chi connectivity index (χ3n) is 7.84. The van der Waals surface area contributed by atoms with Crippen molar-refractivity contribution in [3.05, 3.63) is 18.0 Å². The average molecular weight is 385 g/mol. The van der Waals surface area contributed by atoms with Gasteiger partial charge in [-0.15, -0.1) is 0 Å². The third kappa shape index (κ3) is 3.10. The van der Waals surface area contributed by atoms with Crippen LogP contribution in [0.5, 0.6) is 0 Å². The molecule has 1 aromatic rings. The summed E-state index contributed by atoms with van der Waals surface area (Å²) >= 11 is 0. The van der Waals surface area contributed by atoms with Crippen LogP contribution < -0.4 is 10.2 Å². The number of anilines is 1. The van der Waals surface area contributed by atoms with Gasteiger partial charge in [-0.25, -0.2) is 9.97 Å². The second kappa shape index (κ2) is 6.97. The molecule has 4 bridgehead atoms. The van der Waals surface area contributed by atoms with E-state index in [0.717, 1.165) is 76.0 Å². The summed E-state index contributed by atoms with van der Waals surface area (Å²) in [4.78, 5) is 24.6. The Labute approximate surface area is 167 Å². The van der Waals surface area contributed by atoms with Crippen LogP contribution in [0.2, 0.25) is 0 Å². The molecule has 0 spiro atoms. The van der Waals surface area contributed by atoms with E-state index in [-0.39, 0.29) is 23.5 Å².